The molecule has 236 valence electrons. The molecule has 0 bridgehead atoms. The van der Waals surface area contributed by atoms with Gasteiger partial charge in [0, 0.05) is 43.2 Å². The highest BCUT2D eigenvalue weighted by Gasteiger charge is 2.23. The summed E-state index contributed by atoms with van der Waals surface area (Å²) in [5, 5.41) is 10.4. The van der Waals surface area contributed by atoms with Gasteiger partial charge in [-0.2, -0.15) is 0 Å². The largest absolute Gasteiger partial charge is 0.310 e. The second-order valence-electron chi connectivity index (χ2n) is 13.2. The number of nitrogens with zero attached hydrogens (tertiary/aromatic N) is 1. The lowest BCUT2D eigenvalue weighted by Gasteiger charge is -2.27. The van der Waals surface area contributed by atoms with Crippen LogP contribution in [0.5, 0.6) is 0 Å². The average Bonchev–Trinajstić information content (AvgIpc) is 3.58. The smallest absolute Gasteiger partial charge is 0.0468 e. The van der Waals surface area contributed by atoms with Crippen molar-refractivity contribution in [3.63, 3.8) is 0 Å². The molecule has 1 nitrogen and oxygen atoms in total. The van der Waals surface area contributed by atoms with Crippen molar-refractivity contribution in [2.45, 2.75) is 12.3 Å². The minimum absolute atomic E-state index is 0.287. The van der Waals surface area contributed by atoms with Crippen LogP contribution < -0.4 is 4.90 Å². The van der Waals surface area contributed by atoms with Crippen molar-refractivity contribution in [1.29, 1.82) is 0 Å². The van der Waals surface area contributed by atoms with E-state index in [0.29, 0.717) is 0 Å². The topological polar surface area (TPSA) is 3.24 Å². The van der Waals surface area contributed by atoms with E-state index in [1.165, 1.54) is 69.2 Å². The van der Waals surface area contributed by atoms with Gasteiger partial charge in [0.15, 0.2) is 0 Å². The van der Waals surface area contributed by atoms with Crippen molar-refractivity contribution in [2.75, 3.05) is 4.90 Å². The molecule has 0 amide bonds. The van der Waals surface area contributed by atoms with Gasteiger partial charge in [-0.1, -0.05) is 140 Å². The molecule has 0 fully saturated rings. The molecule has 1 heterocycles. The summed E-state index contributed by atoms with van der Waals surface area (Å²) >= 11 is 1.91. The van der Waals surface area contributed by atoms with Crippen molar-refractivity contribution < 1.29 is 0 Å². The Bertz CT molecular complexity index is 2750. The van der Waals surface area contributed by atoms with Gasteiger partial charge >= 0.3 is 0 Å². The summed E-state index contributed by atoms with van der Waals surface area (Å²) in [7, 11) is 0. The number of rotatable bonds is 5. The molecule has 9 aromatic rings. The first kappa shape index (κ1) is 29.0. The van der Waals surface area contributed by atoms with E-state index >= 15 is 0 Å². The first-order valence-electron chi connectivity index (χ1n) is 17.4. The standard InChI is InChI=1S/C48H33NS/c1-2-13-33(14-3-1)49(35-29-30-42-40-19-7-6-17-38(40)39-18-8-9-20-41(39)46(42)31-35)34-27-25-32(26-28-34)36-15-4-5-16-37(36)44-22-12-23-45-43-21-10-11-24-47(43)50-48(44)45/h1-14,16-31,36H,15H2. The average molecular weight is 656 g/mol. The Morgan fingerprint density at radius 2 is 1.04 bits per heavy atom. The van der Waals surface area contributed by atoms with Crippen LogP contribution in [0, 0.1) is 0 Å². The Morgan fingerprint density at radius 3 is 1.78 bits per heavy atom. The summed E-state index contributed by atoms with van der Waals surface area (Å²) in [6.45, 7) is 0. The maximum Gasteiger partial charge on any atom is 0.0468 e. The summed E-state index contributed by atoms with van der Waals surface area (Å²) in [5.74, 6) is 0.287. The zero-order valence-corrected chi connectivity index (χ0v) is 28.3. The second-order valence-corrected chi connectivity index (χ2v) is 14.3. The molecule has 0 radical (unpaired) electrons. The van der Waals surface area contributed by atoms with Gasteiger partial charge in [0.2, 0.25) is 0 Å². The van der Waals surface area contributed by atoms with Crippen LogP contribution in [0.1, 0.15) is 23.5 Å². The summed E-state index contributed by atoms with van der Waals surface area (Å²) in [6, 6.07) is 60.2. The minimum atomic E-state index is 0.287. The Kier molecular flexibility index (Phi) is 6.89. The molecular weight excluding hydrogens is 623 g/mol. The number of anilines is 3. The first-order valence-corrected chi connectivity index (χ1v) is 18.2. The van der Waals surface area contributed by atoms with Crippen LogP contribution in [0.4, 0.5) is 17.1 Å². The van der Waals surface area contributed by atoms with E-state index in [9.17, 15) is 0 Å². The van der Waals surface area contributed by atoms with Crippen molar-refractivity contribution in [1.82, 2.24) is 0 Å². The zero-order valence-electron chi connectivity index (χ0n) is 27.5. The van der Waals surface area contributed by atoms with E-state index in [2.05, 4.69) is 187 Å². The molecule has 0 spiro atoms. The monoisotopic (exact) mass is 655 g/mol. The molecule has 1 aromatic heterocycles. The fourth-order valence-corrected chi connectivity index (χ4v) is 9.35. The molecule has 10 rings (SSSR count). The van der Waals surface area contributed by atoms with Gasteiger partial charge in [-0.3, -0.25) is 0 Å². The molecule has 1 atom stereocenters. The number of para-hydroxylation sites is 1. The van der Waals surface area contributed by atoms with E-state index < -0.39 is 0 Å². The lowest BCUT2D eigenvalue weighted by Crippen LogP contribution is -2.10. The predicted molar refractivity (Wildman–Crippen MR) is 217 cm³/mol. The third kappa shape index (κ3) is 4.68. The van der Waals surface area contributed by atoms with Gasteiger partial charge in [0.25, 0.3) is 0 Å². The van der Waals surface area contributed by atoms with E-state index in [1.54, 1.807) is 0 Å². The maximum atomic E-state index is 2.39. The Balaban J connectivity index is 1.08. The quantitative estimate of drug-likeness (QED) is 0.167. The molecule has 1 aliphatic rings. The molecule has 1 aliphatic carbocycles. The maximum absolute atomic E-state index is 2.39. The van der Waals surface area contributed by atoms with Gasteiger partial charge < -0.3 is 4.90 Å². The van der Waals surface area contributed by atoms with Gasteiger partial charge in [-0.05, 0) is 97.9 Å². The highest BCUT2D eigenvalue weighted by Crippen LogP contribution is 2.46. The molecule has 0 saturated heterocycles. The van der Waals surface area contributed by atoms with Crippen molar-refractivity contribution in [2.24, 2.45) is 0 Å². The highest BCUT2D eigenvalue weighted by molar-refractivity contribution is 7.26. The Morgan fingerprint density at radius 1 is 0.460 bits per heavy atom. The number of allylic oxidation sites excluding steroid dienone is 4. The van der Waals surface area contributed by atoms with E-state index in [-0.39, 0.29) is 5.92 Å². The van der Waals surface area contributed by atoms with Gasteiger partial charge in [0.05, 0.1) is 0 Å². The Hall–Kier alpha value is -5.96. The van der Waals surface area contributed by atoms with Crippen LogP contribution in [0.15, 0.2) is 182 Å². The Labute approximate surface area is 295 Å². The van der Waals surface area contributed by atoms with Gasteiger partial charge in [-0.25, -0.2) is 0 Å². The van der Waals surface area contributed by atoms with E-state index in [0.717, 1.165) is 23.5 Å². The summed E-state index contributed by atoms with van der Waals surface area (Å²) in [6.07, 6.45) is 7.86. The molecule has 0 aliphatic heterocycles. The van der Waals surface area contributed by atoms with Gasteiger partial charge in [-0.15, -0.1) is 11.3 Å². The number of fused-ring (bicyclic) bond motifs is 9. The fourth-order valence-electron chi connectivity index (χ4n) is 8.11. The highest BCUT2D eigenvalue weighted by atomic mass is 32.1. The van der Waals surface area contributed by atoms with Crippen molar-refractivity contribution >= 4 is 86.5 Å². The summed E-state index contributed by atoms with van der Waals surface area (Å²) in [4.78, 5) is 2.39. The van der Waals surface area contributed by atoms with Crippen LogP contribution in [-0.2, 0) is 0 Å². The lowest BCUT2D eigenvalue weighted by atomic mass is 9.81. The molecular formula is C48H33NS. The van der Waals surface area contributed by atoms with Crippen LogP contribution in [0.25, 0.3) is 58.1 Å². The van der Waals surface area contributed by atoms with Crippen LogP contribution in [0.3, 0.4) is 0 Å². The third-order valence-corrected chi connectivity index (χ3v) is 11.6. The number of hydrogen-bond donors (Lipinski definition) is 0. The third-order valence-electron chi connectivity index (χ3n) is 10.4. The fraction of sp³-hybridized carbons (Fsp3) is 0.0417. The van der Waals surface area contributed by atoms with Crippen LogP contribution in [0.2, 0.25) is 0 Å². The van der Waals surface area contributed by atoms with Crippen LogP contribution >= 0.6 is 11.3 Å². The summed E-state index contributed by atoms with van der Waals surface area (Å²) < 4.78 is 2.72. The van der Waals surface area contributed by atoms with E-state index in [4.69, 9.17) is 0 Å². The number of hydrogen-bond acceptors (Lipinski definition) is 2. The molecule has 2 heteroatoms. The lowest BCUT2D eigenvalue weighted by molar-refractivity contribution is 0.875. The molecule has 1 unspecified atom stereocenters. The molecule has 8 aromatic carbocycles. The second kappa shape index (κ2) is 11.9. The predicted octanol–water partition coefficient (Wildman–Crippen LogP) is 14.1. The van der Waals surface area contributed by atoms with E-state index in [1.807, 2.05) is 11.3 Å². The molecule has 0 N–H and O–H groups in total. The minimum Gasteiger partial charge on any atom is -0.310 e. The summed E-state index contributed by atoms with van der Waals surface area (Å²) in [5.41, 5.74) is 7.52. The van der Waals surface area contributed by atoms with Crippen molar-refractivity contribution in [3.8, 4) is 0 Å². The molecule has 50 heavy (non-hydrogen) atoms. The zero-order chi connectivity index (χ0) is 33.0. The SMILES string of the molecule is C1=CCC(c2ccc(N(c3ccccc3)c3ccc4c5ccccc5c5ccccc5c4c3)cc2)C(c2cccc3c2sc2ccccc23)=C1. The normalized spacial score (nSPS) is 14.6. The first-order chi connectivity index (χ1) is 24.8. The number of thiophene rings is 1. The van der Waals surface area contributed by atoms with Gasteiger partial charge in [0.1, 0.15) is 0 Å². The van der Waals surface area contributed by atoms with Crippen LogP contribution in [-0.4, -0.2) is 0 Å². The van der Waals surface area contributed by atoms with Crippen molar-refractivity contribution in [3.05, 3.63) is 193 Å². The number of benzene rings is 8. The molecule has 0 saturated carbocycles.